The van der Waals surface area contributed by atoms with Crippen LogP contribution in [0, 0.1) is 5.92 Å². The van der Waals surface area contributed by atoms with Crippen LogP contribution in [0.3, 0.4) is 0 Å². The van der Waals surface area contributed by atoms with Gasteiger partial charge in [0.15, 0.2) is 4.34 Å². The predicted octanol–water partition coefficient (Wildman–Crippen LogP) is 2.08. The highest BCUT2D eigenvalue weighted by Gasteiger charge is 2.04. The van der Waals surface area contributed by atoms with Gasteiger partial charge in [0.1, 0.15) is 0 Å². The molecule has 0 aliphatic carbocycles. The summed E-state index contributed by atoms with van der Waals surface area (Å²) in [5.41, 5.74) is 0. The molecule has 0 fully saturated rings. The van der Waals surface area contributed by atoms with E-state index in [1.54, 1.807) is 23.1 Å². The Morgan fingerprint density at radius 2 is 2.27 bits per heavy atom. The van der Waals surface area contributed by atoms with E-state index in [1.165, 1.54) is 0 Å². The van der Waals surface area contributed by atoms with E-state index in [4.69, 9.17) is 5.11 Å². The Morgan fingerprint density at radius 3 is 2.93 bits per heavy atom. The maximum Gasteiger partial charge on any atom is 0.206 e. The highest BCUT2D eigenvalue weighted by molar-refractivity contribution is 8.01. The van der Waals surface area contributed by atoms with Crippen molar-refractivity contribution in [1.82, 2.24) is 10.2 Å². The van der Waals surface area contributed by atoms with Gasteiger partial charge in [0, 0.05) is 18.9 Å². The van der Waals surface area contributed by atoms with Crippen molar-refractivity contribution in [3.05, 3.63) is 0 Å². The van der Waals surface area contributed by atoms with Crippen molar-refractivity contribution < 1.29 is 5.11 Å². The number of aromatic nitrogens is 2. The number of nitrogens with one attached hydrogen (secondary N) is 1. The van der Waals surface area contributed by atoms with Crippen LogP contribution in [0.1, 0.15) is 20.3 Å². The highest BCUT2D eigenvalue weighted by Crippen LogP contribution is 2.25. The number of aliphatic hydroxyl groups is 1. The fourth-order valence-electron chi connectivity index (χ4n) is 0.855. The van der Waals surface area contributed by atoms with Crippen molar-refractivity contribution in [2.45, 2.75) is 24.6 Å². The van der Waals surface area contributed by atoms with Crippen LogP contribution in [0.2, 0.25) is 0 Å². The second kappa shape index (κ2) is 7.03. The van der Waals surface area contributed by atoms with Crippen molar-refractivity contribution in [1.29, 1.82) is 0 Å². The first-order chi connectivity index (χ1) is 7.22. The molecule has 4 nitrogen and oxygen atoms in total. The molecule has 0 aliphatic heterocycles. The second-order valence-corrected chi connectivity index (χ2v) is 5.89. The van der Waals surface area contributed by atoms with Crippen molar-refractivity contribution in [3.8, 4) is 0 Å². The molecule has 1 heterocycles. The standard InChI is InChI=1S/C9H17N3OS2/c1-7(2)6-10-8-11-12-9(15-8)14-5-3-4-13/h7,13H,3-6H2,1-2H3,(H,10,11). The zero-order chi connectivity index (χ0) is 11.1. The maximum absolute atomic E-state index is 8.64. The zero-order valence-electron chi connectivity index (χ0n) is 9.06. The second-order valence-electron chi connectivity index (χ2n) is 3.57. The Morgan fingerprint density at radius 1 is 1.47 bits per heavy atom. The molecule has 0 atom stereocenters. The third kappa shape index (κ3) is 5.34. The van der Waals surface area contributed by atoms with E-state index < -0.39 is 0 Å². The molecule has 0 aliphatic rings. The number of thioether (sulfide) groups is 1. The molecule has 0 amide bonds. The number of hydrogen-bond acceptors (Lipinski definition) is 6. The molecule has 6 heteroatoms. The summed E-state index contributed by atoms with van der Waals surface area (Å²) in [6, 6.07) is 0. The van der Waals surface area contributed by atoms with Crippen LogP contribution in [-0.2, 0) is 0 Å². The molecule has 2 N–H and O–H groups in total. The molecule has 0 saturated carbocycles. The summed E-state index contributed by atoms with van der Waals surface area (Å²) in [7, 11) is 0. The molecule has 1 rings (SSSR count). The summed E-state index contributed by atoms with van der Waals surface area (Å²) >= 11 is 3.22. The van der Waals surface area contributed by atoms with Gasteiger partial charge in [-0.25, -0.2) is 0 Å². The fraction of sp³-hybridized carbons (Fsp3) is 0.778. The Kier molecular flexibility index (Phi) is 5.97. The van der Waals surface area contributed by atoms with Crippen LogP contribution >= 0.6 is 23.1 Å². The molecule has 0 radical (unpaired) electrons. The van der Waals surface area contributed by atoms with Crippen molar-refractivity contribution in [2.75, 3.05) is 24.2 Å². The lowest BCUT2D eigenvalue weighted by Gasteiger charge is -2.03. The SMILES string of the molecule is CC(C)CNc1nnc(SCCCO)s1. The van der Waals surface area contributed by atoms with E-state index in [0.717, 1.165) is 28.2 Å². The minimum absolute atomic E-state index is 0.240. The van der Waals surface area contributed by atoms with Gasteiger partial charge in [-0.3, -0.25) is 0 Å². The minimum atomic E-state index is 0.240. The lowest BCUT2D eigenvalue weighted by Crippen LogP contribution is -2.07. The quantitative estimate of drug-likeness (QED) is 0.570. The maximum atomic E-state index is 8.64. The normalized spacial score (nSPS) is 10.9. The zero-order valence-corrected chi connectivity index (χ0v) is 10.7. The Hall–Kier alpha value is -0.330. The van der Waals surface area contributed by atoms with Gasteiger partial charge in [0.2, 0.25) is 5.13 Å². The summed E-state index contributed by atoms with van der Waals surface area (Å²) in [5, 5.41) is 20.9. The fourth-order valence-corrected chi connectivity index (χ4v) is 2.61. The van der Waals surface area contributed by atoms with Crippen LogP contribution in [0.15, 0.2) is 4.34 Å². The number of aliphatic hydroxyl groups excluding tert-OH is 1. The highest BCUT2D eigenvalue weighted by atomic mass is 32.2. The van der Waals surface area contributed by atoms with Gasteiger partial charge in [-0.05, 0) is 12.3 Å². The minimum Gasteiger partial charge on any atom is -0.396 e. The number of hydrogen-bond donors (Lipinski definition) is 2. The van der Waals surface area contributed by atoms with Crippen LogP contribution in [-0.4, -0.2) is 34.2 Å². The molecule has 0 saturated heterocycles. The van der Waals surface area contributed by atoms with Gasteiger partial charge in [-0.15, -0.1) is 10.2 Å². The Bertz CT molecular complexity index is 278. The number of anilines is 1. The largest absolute Gasteiger partial charge is 0.396 e. The van der Waals surface area contributed by atoms with Gasteiger partial charge >= 0.3 is 0 Å². The monoisotopic (exact) mass is 247 g/mol. The van der Waals surface area contributed by atoms with E-state index in [0.29, 0.717) is 5.92 Å². The molecule has 0 bridgehead atoms. The Balaban J connectivity index is 2.29. The first kappa shape index (κ1) is 12.7. The summed E-state index contributed by atoms with van der Waals surface area (Å²) in [6.07, 6.45) is 0.805. The van der Waals surface area contributed by atoms with Gasteiger partial charge in [0.05, 0.1) is 0 Å². The lowest BCUT2D eigenvalue weighted by molar-refractivity contribution is 0.296. The van der Waals surface area contributed by atoms with Gasteiger partial charge in [-0.1, -0.05) is 36.9 Å². The topological polar surface area (TPSA) is 58.0 Å². The molecule has 15 heavy (non-hydrogen) atoms. The van der Waals surface area contributed by atoms with E-state index in [2.05, 4.69) is 29.4 Å². The van der Waals surface area contributed by atoms with E-state index in [1.807, 2.05) is 0 Å². The average molecular weight is 247 g/mol. The Labute approximate surface area is 98.5 Å². The molecule has 86 valence electrons. The first-order valence-electron chi connectivity index (χ1n) is 5.03. The van der Waals surface area contributed by atoms with Gasteiger partial charge in [0.25, 0.3) is 0 Å². The van der Waals surface area contributed by atoms with Crippen molar-refractivity contribution >= 4 is 28.2 Å². The third-order valence-electron chi connectivity index (χ3n) is 1.60. The van der Waals surface area contributed by atoms with E-state index >= 15 is 0 Å². The summed E-state index contributed by atoms with van der Waals surface area (Å²) in [5.74, 6) is 1.51. The first-order valence-corrected chi connectivity index (χ1v) is 6.83. The van der Waals surface area contributed by atoms with Crippen LogP contribution in [0.4, 0.5) is 5.13 Å². The van der Waals surface area contributed by atoms with Crippen molar-refractivity contribution in [3.63, 3.8) is 0 Å². The van der Waals surface area contributed by atoms with Crippen LogP contribution in [0.5, 0.6) is 0 Å². The third-order valence-corrected chi connectivity index (χ3v) is 3.70. The molecule has 0 unspecified atom stereocenters. The molecule has 0 spiro atoms. The molecule has 1 aromatic heterocycles. The summed E-state index contributed by atoms with van der Waals surface area (Å²) in [6.45, 7) is 5.48. The van der Waals surface area contributed by atoms with Crippen molar-refractivity contribution in [2.24, 2.45) is 5.92 Å². The number of rotatable bonds is 7. The molecule has 1 aromatic rings. The molecular formula is C9H17N3OS2. The molecule has 0 aromatic carbocycles. The smallest absolute Gasteiger partial charge is 0.206 e. The van der Waals surface area contributed by atoms with Crippen LogP contribution < -0.4 is 5.32 Å². The average Bonchev–Trinajstić information content (AvgIpc) is 2.63. The summed E-state index contributed by atoms with van der Waals surface area (Å²) in [4.78, 5) is 0. The van der Waals surface area contributed by atoms with Gasteiger partial charge in [-0.2, -0.15) is 0 Å². The lowest BCUT2D eigenvalue weighted by atomic mass is 10.2. The molecular weight excluding hydrogens is 230 g/mol. The van der Waals surface area contributed by atoms with E-state index in [-0.39, 0.29) is 6.61 Å². The number of nitrogens with zero attached hydrogens (tertiary/aromatic N) is 2. The predicted molar refractivity (Wildman–Crippen MR) is 65.7 cm³/mol. The van der Waals surface area contributed by atoms with Gasteiger partial charge < -0.3 is 10.4 Å². The van der Waals surface area contributed by atoms with Crippen LogP contribution in [0.25, 0.3) is 0 Å². The van der Waals surface area contributed by atoms with E-state index in [9.17, 15) is 0 Å². The summed E-state index contributed by atoms with van der Waals surface area (Å²) < 4.78 is 0.967.